The first-order chi connectivity index (χ1) is 35.9. The second-order valence-corrected chi connectivity index (χ2v) is 18.6. The quantitative estimate of drug-likeness (QED) is 0.0175. The van der Waals surface area contributed by atoms with Gasteiger partial charge in [-0.05, 0) is 55.2 Å². The Morgan fingerprint density at radius 3 is 1.83 bits per heavy atom. The molecule has 0 bridgehead atoms. The summed E-state index contributed by atoms with van der Waals surface area (Å²) in [7, 11) is 0. The number of carbonyl (C=O) groups is 10. The average Bonchev–Trinajstić information content (AvgIpc) is 3.79. The van der Waals surface area contributed by atoms with Crippen LogP contribution in [0.4, 0.5) is 0 Å². The molecular formula is C50H73N13O13. The molecule has 0 fully saturated rings. The lowest BCUT2D eigenvalue weighted by atomic mass is 9.99. The summed E-state index contributed by atoms with van der Waals surface area (Å²) in [5.74, 6) is -10.7. The van der Waals surface area contributed by atoms with E-state index in [4.69, 9.17) is 17.2 Å². The molecule has 0 spiro atoms. The zero-order chi connectivity index (χ0) is 56.6. The summed E-state index contributed by atoms with van der Waals surface area (Å²) < 4.78 is 0. The van der Waals surface area contributed by atoms with Crippen LogP contribution in [0, 0.1) is 11.8 Å². The Labute approximate surface area is 439 Å². The van der Waals surface area contributed by atoms with Gasteiger partial charge in [-0.15, -0.1) is 0 Å². The van der Waals surface area contributed by atoms with Crippen molar-refractivity contribution in [2.75, 3.05) is 19.7 Å². The fourth-order valence-corrected chi connectivity index (χ4v) is 7.60. The van der Waals surface area contributed by atoms with Gasteiger partial charge in [-0.2, -0.15) is 0 Å². The second kappa shape index (κ2) is 30.9. The van der Waals surface area contributed by atoms with Crippen molar-refractivity contribution in [3.05, 3.63) is 71.9 Å². The van der Waals surface area contributed by atoms with E-state index in [2.05, 4.69) is 52.5 Å². The smallest absolute Gasteiger partial charge is 0.326 e. The normalized spacial score (nSPS) is 14.6. The summed E-state index contributed by atoms with van der Waals surface area (Å²) in [6, 6.07) is 4.69. The third-order valence-corrected chi connectivity index (χ3v) is 12.3. The minimum atomic E-state index is -1.51. The number of amides is 8. The summed E-state index contributed by atoms with van der Waals surface area (Å²) in [6.45, 7) is 6.40. The predicted octanol–water partition coefficient (Wildman–Crippen LogP) is -2.49. The van der Waals surface area contributed by atoms with Gasteiger partial charge in [0.1, 0.15) is 42.3 Å². The van der Waals surface area contributed by atoms with Crippen LogP contribution >= 0.6 is 0 Å². The van der Waals surface area contributed by atoms with E-state index in [1.165, 1.54) is 6.92 Å². The molecule has 26 heteroatoms. The highest BCUT2D eigenvalue weighted by atomic mass is 16.4. The number of nitrogens with two attached hydrogens (primary N) is 3. The molecule has 18 N–H and O–H groups in total. The van der Waals surface area contributed by atoms with Gasteiger partial charge in [0.2, 0.25) is 47.3 Å². The van der Waals surface area contributed by atoms with Crippen LogP contribution in [0.3, 0.4) is 0 Å². The number of nitrogens with one attached hydrogen (secondary N) is 9. The number of H-pyrrole nitrogens is 1. The number of carboxylic acid groups (broad SMARTS) is 2. The summed E-state index contributed by atoms with van der Waals surface area (Å²) >= 11 is 0. The molecule has 0 saturated heterocycles. The molecule has 0 aliphatic carbocycles. The number of nitrogens with zero attached hydrogens (tertiary/aromatic N) is 1. The molecule has 1 aromatic heterocycles. The number of aliphatic hydroxyl groups excluding tert-OH is 1. The molecule has 3 rings (SSSR count). The number of rotatable bonds is 32. The lowest BCUT2D eigenvalue weighted by Crippen LogP contribution is -2.60. The summed E-state index contributed by atoms with van der Waals surface area (Å²) in [5.41, 5.74) is 18.9. The highest BCUT2D eigenvalue weighted by Crippen LogP contribution is 2.19. The molecule has 76 heavy (non-hydrogen) atoms. The van der Waals surface area contributed by atoms with Gasteiger partial charge in [-0.1, -0.05) is 82.6 Å². The standard InChI is InChI=1S/C50H73N13O13/c1-6-27(4)40(51)48(74)62-37(25-64)47(73)59-33(17-12-20-54-50(52)53)44(70)61-35(21-29-13-8-7-9-14-29)46(72)57-28(5)42(68)60-36(22-30-23-55-32-16-11-10-15-31(30)32)43(69)56-24-38(65)58-34(18-19-39(66)67)45(71)63-41(26(2)3)49(75)76/h7-11,13-16,23,26-28,33-37,40-41,55,64H,6,12,17-22,24-25,51H2,1-5H3,(H,56,69)(H,57,72)(H,58,65)(H,59,73)(H,60,68)(H,61,70)(H,62,74)(H,63,71)(H,66,67)(H,75,76)(H4,52,53,54)/t27-,28-,33-,34-,35-,36-,37-,40-,41-/m0/s1. The van der Waals surface area contributed by atoms with Crippen molar-refractivity contribution in [2.24, 2.45) is 34.0 Å². The van der Waals surface area contributed by atoms with Gasteiger partial charge in [0, 0.05) is 42.9 Å². The van der Waals surface area contributed by atoms with Crippen molar-refractivity contribution in [1.29, 1.82) is 0 Å². The zero-order valence-corrected chi connectivity index (χ0v) is 43.2. The number of aromatic amines is 1. The Hall–Kier alpha value is -8.13. The monoisotopic (exact) mass is 1060 g/mol. The zero-order valence-electron chi connectivity index (χ0n) is 43.2. The Balaban J connectivity index is 1.86. The van der Waals surface area contributed by atoms with Gasteiger partial charge in [-0.3, -0.25) is 48.1 Å². The first-order valence-electron chi connectivity index (χ1n) is 24.8. The number of aliphatic hydroxyl groups is 1. The average molecular weight is 1060 g/mol. The number of hydrogen-bond acceptors (Lipinski definition) is 13. The number of carbonyl (C=O) groups excluding carboxylic acids is 8. The molecule has 0 unspecified atom stereocenters. The molecule has 0 radical (unpaired) electrons. The van der Waals surface area contributed by atoms with Crippen molar-refractivity contribution in [3.8, 4) is 0 Å². The fourth-order valence-electron chi connectivity index (χ4n) is 7.60. The first-order valence-corrected chi connectivity index (χ1v) is 24.8. The number of aliphatic imine (C=N–C) groups is 1. The van der Waals surface area contributed by atoms with Crippen LogP contribution in [-0.4, -0.2) is 153 Å². The van der Waals surface area contributed by atoms with E-state index in [0.29, 0.717) is 28.5 Å². The number of aliphatic carboxylic acids is 2. The summed E-state index contributed by atoms with van der Waals surface area (Å²) in [5, 5.41) is 49.5. The Kier molecular flexibility index (Phi) is 25.3. The van der Waals surface area contributed by atoms with E-state index in [1.54, 1.807) is 81.6 Å². The van der Waals surface area contributed by atoms with Gasteiger partial charge < -0.3 is 80.0 Å². The molecular weight excluding hydrogens is 991 g/mol. The van der Waals surface area contributed by atoms with Gasteiger partial charge in [0.15, 0.2) is 5.96 Å². The maximum atomic E-state index is 14.2. The Bertz CT molecular complexity index is 2520. The lowest BCUT2D eigenvalue weighted by molar-refractivity contribution is -0.144. The van der Waals surface area contributed by atoms with Crippen molar-refractivity contribution in [1.82, 2.24) is 47.5 Å². The number of hydrogen-bond donors (Lipinski definition) is 15. The van der Waals surface area contributed by atoms with E-state index in [0.717, 1.165) is 0 Å². The van der Waals surface area contributed by atoms with Gasteiger partial charge in [0.25, 0.3) is 0 Å². The van der Waals surface area contributed by atoms with Gasteiger partial charge >= 0.3 is 11.9 Å². The van der Waals surface area contributed by atoms with E-state index in [-0.39, 0.29) is 44.1 Å². The lowest BCUT2D eigenvalue weighted by Gasteiger charge is -2.27. The minimum absolute atomic E-state index is 0.0435. The number of guanidine groups is 1. The van der Waals surface area contributed by atoms with E-state index < -0.39 is 139 Å². The molecule has 0 aliphatic rings. The van der Waals surface area contributed by atoms with E-state index >= 15 is 0 Å². The second-order valence-electron chi connectivity index (χ2n) is 18.6. The van der Waals surface area contributed by atoms with Crippen LogP contribution in [0.25, 0.3) is 10.9 Å². The SMILES string of the molecule is CC[C@H](C)[C@H](N)C(=O)N[C@@H](CO)C(=O)N[C@@H](CCCN=C(N)N)C(=O)N[C@@H](Cc1ccccc1)C(=O)N[C@@H](C)C(=O)N[C@@H](Cc1c[nH]c2ccccc12)C(=O)NCC(=O)N[C@@H](CCC(=O)O)C(=O)N[C@H](C(=O)O)C(C)C. The van der Waals surface area contributed by atoms with Crippen molar-refractivity contribution >= 4 is 76.1 Å². The maximum Gasteiger partial charge on any atom is 0.326 e. The van der Waals surface area contributed by atoms with Crippen LogP contribution in [0.1, 0.15) is 77.8 Å². The molecule has 2 aromatic carbocycles. The van der Waals surface area contributed by atoms with Crippen molar-refractivity contribution < 1.29 is 63.3 Å². The topological polar surface area (TPSA) is 434 Å². The Morgan fingerprint density at radius 2 is 1.21 bits per heavy atom. The number of aromatic nitrogens is 1. The molecule has 9 atom stereocenters. The number of fused-ring (bicyclic) bond motifs is 1. The predicted molar refractivity (Wildman–Crippen MR) is 278 cm³/mol. The third-order valence-electron chi connectivity index (χ3n) is 12.3. The van der Waals surface area contributed by atoms with Crippen molar-refractivity contribution in [2.45, 2.75) is 128 Å². The van der Waals surface area contributed by atoms with Gasteiger partial charge in [0.05, 0.1) is 19.2 Å². The number of para-hydroxylation sites is 1. The molecule has 1 heterocycles. The number of carboxylic acids is 2. The molecule has 0 aliphatic heterocycles. The third kappa shape index (κ3) is 20.3. The molecule has 0 saturated carbocycles. The van der Waals surface area contributed by atoms with Crippen LogP contribution in [0.5, 0.6) is 0 Å². The summed E-state index contributed by atoms with van der Waals surface area (Å²) in [4.78, 5) is 139. The summed E-state index contributed by atoms with van der Waals surface area (Å²) in [6.07, 6.45) is 0.998. The Morgan fingerprint density at radius 1 is 0.645 bits per heavy atom. The fraction of sp³-hybridized carbons (Fsp3) is 0.500. The van der Waals surface area contributed by atoms with E-state index in [1.807, 2.05) is 6.92 Å². The molecule has 416 valence electrons. The molecule has 3 aromatic rings. The van der Waals surface area contributed by atoms with Crippen LogP contribution in [0.15, 0.2) is 65.8 Å². The highest BCUT2D eigenvalue weighted by molar-refractivity contribution is 5.98. The highest BCUT2D eigenvalue weighted by Gasteiger charge is 2.34. The van der Waals surface area contributed by atoms with Crippen molar-refractivity contribution in [3.63, 3.8) is 0 Å². The van der Waals surface area contributed by atoms with Gasteiger partial charge in [-0.25, -0.2) is 4.79 Å². The maximum absolute atomic E-state index is 14.2. The first kappa shape index (κ1) is 62.2. The minimum Gasteiger partial charge on any atom is -0.481 e. The largest absolute Gasteiger partial charge is 0.481 e. The number of benzene rings is 2. The van der Waals surface area contributed by atoms with Crippen LogP contribution in [0.2, 0.25) is 0 Å². The molecule has 8 amide bonds. The van der Waals surface area contributed by atoms with Crippen LogP contribution in [-0.2, 0) is 60.8 Å². The van der Waals surface area contributed by atoms with E-state index in [9.17, 15) is 63.3 Å². The van der Waals surface area contributed by atoms with Crippen LogP contribution < -0.4 is 59.7 Å². The molecule has 26 nitrogen and oxygen atoms in total.